The van der Waals surface area contributed by atoms with Gasteiger partial charge in [-0.1, -0.05) is 6.92 Å². The van der Waals surface area contributed by atoms with Crippen LogP contribution in [0, 0.1) is 12.8 Å². The van der Waals surface area contributed by atoms with E-state index in [4.69, 9.17) is 5.73 Å². The van der Waals surface area contributed by atoms with Crippen LogP contribution in [-0.4, -0.2) is 59.1 Å². The summed E-state index contributed by atoms with van der Waals surface area (Å²) in [5, 5.41) is 2.86. The molecule has 1 aliphatic rings. The Morgan fingerprint density at radius 3 is 2.61 bits per heavy atom. The number of likely N-dealkylation sites (tertiary alicyclic amines) is 1. The second-order valence-electron chi connectivity index (χ2n) is 8.78. The van der Waals surface area contributed by atoms with E-state index in [1.807, 2.05) is 6.92 Å². The van der Waals surface area contributed by atoms with E-state index < -0.39 is 48.5 Å². The molecule has 1 unspecified atom stereocenters. The van der Waals surface area contributed by atoms with Crippen LogP contribution in [0.2, 0.25) is 0 Å². The molecule has 0 aliphatic carbocycles. The average molecular weight is 511 g/mol. The third-order valence-corrected chi connectivity index (χ3v) is 5.89. The molecule has 0 spiro atoms. The summed E-state index contributed by atoms with van der Waals surface area (Å²) in [6, 6.07) is 4.73. The molecule has 1 saturated heterocycles. The van der Waals surface area contributed by atoms with Gasteiger partial charge in [0.05, 0.1) is 23.8 Å². The molecule has 0 saturated carbocycles. The Balaban J connectivity index is 1.90. The summed E-state index contributed by atoms with van der Waals surface area (Å²) in [5.74, 6) is -4.48. The Kier molecular flexibility index (Phi) is 7.95. The molecule has 36 heavy (non-hydrogen) atoms. The van der Waals surface area contributed by atoms with Gasteiger partial charge in [0.15, 0.2) is 0 Å². The summed E-state index contributed by atoms with van der Waals surface area (Å²) in [5.41, 5.74) is 6.41. The first kappa shape index (κ1) is 27.0. The molecule has 3 N–H and O–H groups in total. The van der Waals surface area contributed by atoms with Gasteiger partial charge in [-0.2, -0.15) is 13.2 Å². The first-order valence-electron chi connectivity index (χ1n) is 11.1. The van der Waals surface area contributed by atoms with Gasteiger partial charge >= 0.3 is 6.18 Å². The second-order valence-corrected chi connectivity index (χ2v) is 8.78. The van der Waals surface area contributed by atoms with Gasteiger partial charge in [0.2, 0.25) is 0 Å². The van der Waals surface area contributed by atoms with Gasteiger partial charge in [-0.05, 0) is 42.7 Å². The van der Waals surface area contributed by atoms with E-state index in [0.717, 1.165) is 22.6 Å². The monoisotopic (exact) mass is 510 g/mol. The molecule has 2 aromatic heterocycles. The third kappa shape index (κ3) is 6.35. The fourth-order valence-electron chi connectivity index (χ4n) is 4.11. The molecule has 0 bridgehead atoms. The third-order valence-electron chi connectivity index (χ3n) is 5.89. The Bertz CT molecular complexity index is 1150. The average Bonchev–Trinajstić information content (AvgIpc) is 2.80. The minimum atomic E-state index is -4.53. The number of piperidine rings is 1. The summed E-state index contributed by atoms with van der Waals surface area (Å²) in [4.78, 5) is 26.3. The van der Waals surface area contributed by atoms with Crippen LogP contribution in [0.15, 0.2) is 47.3 Å². The minimum Gasteiger partial charge on any atom is -0.394 e. The number of aliphatic imine (C=N–C) groups is 1. The number of hydrogen-bond acceptors (Lipinski definition) is 6. The van der Waals surface area contributed by atoms with E-state index in [0.29, 0.717) is 11.9 Å². The number of allylic oxidation sites excluding steroid dienone is 1. The van der Waals surface area contributed by atoms with E-state index in [9.17, 15) is 26.7 Å². The van der Waals surface area contributed by atoms with Gasteiger partial charge < -0.3 is 16.0 Å². The quantitative estimate of drug-likeness (QED) is 0.346. The summed E-state index contributed by atoms with van der Waals surface area (Å²) < 4.78 is 67.4. The molecule has 0 radical (unpaired) electrons. The van der Waals surface area contributed by atoms with Gasteiger partial charge in [0.25, 0.3) is 11.8 Å². The van der Waals surface area contributed by atoms with Crippen LogP contribution < -0.4 is 11.1 Å². The number of pyridine rings is 2. The number of nitrogens with one attached hydrogen (secondary N) is 1. The lowest BCUT2D eigenvalue weighted by Gasteiger charge is -2.43. The highest BCUT2D eigenvalue weighted by molar-refractivity contribution is 6.18. The number of alkyl halides is 5. The van der Waals surface area contributed by atoms with Crippen molar-refractivity contribution in [3.8, 4) is 0 Å². The van der Waals surface area contributed by atoms with E-state index in [2.05, 4.69) is 20.3 Å². The van der Waals surface area contributed by atoms with Crippen molar-refractivity contribution in [3.05, 3.63) is 59.2 Å². The normalized spacial score (nSPS) is 20.8. The summed E-state index contributed by atoms with van der Waals surface area (Å²) in [7, 11) is 1.48. The first-order valence-corrected chi connectivity index (χ1v) is 11.1. The van der Waals surface area contributed by atoms with E-state index in [1.54, 1.807) is 19.1 Å². The number of rotatable bonds is 6. The first-order chi connectivity index (χ1) is 16.8. The summed E-state index contributed by atoms with van der Waals surface area (Å²) >= 11 is 0. The minimum absolute atomic E-state index is 0.0193. The van der Waals surface area contributed by atoms with Crippen LogP contribution in [0.25, 0.3) is 5.57 Å². The number of aryl methyl sites for hydroxylation is 1. The SMILES string of the molecule is CN=CC(=C(N)C(=O)N1CC(F)(F)CC(C)[C@H]1CNc1ccc(C(F)(F)F)cn1)c1cc(C)ccn1. The summed E-state index contributed by atoms with van der Waals surface area (Å²) in [6.45, 7) is 2.53. The maximum atomic E-state index is 14.5. The molecular weight excluding hydrogens is 483 g/mol. The van der Waals surface area contributed by atoms with Gasteiger partial charge in [0, 0.05) is 44.2 Å². The Morgan fingerprint density at radius 2 is 2.03 bits per heavy atom. The number of amides is 1. The fourth-order valence-corrected chi connectivity index (χ4v) is 4.11. The number of carbonyl (C=O) groups excluding carboxylic acids is 1. The number of hydrogen-bond donors (Lipinski definition) is 2. The van der Waals surface area contributed by atoms with E-state index in [-0.39, 0.29) is 23.6 Å². The standard InChI is InChI=1S/C24H27F5N6O/c1-14-6-7-32-18(8-14)17(11-31-3)21(30)22(36)35-13-23(25,26)9-15(2)19(35)12-34-20-5-4-16(10-33-20)24(27,28)29/h4-8,10-11,15,19H,9,12-13,30H2,1-3H3,(H,33,34)/t15?,19-/m1/s1. The zero-order valence-corrected chi connectivity index (χ0v) is 20.0. The van der Waals surface area contributed by atoms with Crippen LogP contribution in [-0.2, 0) is 11.0 Å². The van der Waals surface area contributed by atoms with E-state index in [1.165, 1.54) is 19.5 Å². The maximum Gasteiger partial charge on any atom is 0.417 e. The Morgan fingerprint density at radius 1 is 1.31 bits per heavy atom. The molecule has 1 fully saturated rings. The van der Waals surface area contributed by atoms with Crippen molar-refractivity contribution in [3.63, 3.8) is 0 Å². The molecule has 194 valence electrons. The lowest BCUT2D eigenvalue weighted by atomic mass is 9.88. The predicted molar refractivity (Wildman–Crippen MR) is 126 cm³/mol. The lowest BCUT2D eigenvalue weighted by Crippen LogP contribution is -2.58. The molecule has 3 rings (SSSR count). The number of nitrogens with two attached hydrogens (primary N) is 1. The van der Waals surface area contributed by atoms with Crippen molar-refractivity contribution in [2.75, 3.05) is 25.5 Å². The number of halogens is 5. The van der Waals surface area contributed by atoms with Crippen LogP contribution in [0.5, 0.6) is 0 Å². The molecule has 2 atom stereocenters. The van der Waals surface area contributed by atoms with Gasteiger partial charge in [-0.15, -0.1) is 0 Å². The van der Waals surface area contributed by atoms with Crippen LogP contribution in [0.1, 0.15) is 30.2 Å². The molecule has 1 amide bonds. The van der Waals surface area contributed by atoms with Crippen molar-refractivity contribution in [1.29, 1.82) is 0 Å². The largest absolute Gasteiger partial charge is 0.417 e. The van der Waals surface area contributed by atoms with Crippen molar-refractivity contribution in [2.24, 2.45) is 16.6 Å². The van der Waals surface area contributed by atoms with Gasteiger partial charge in [-0.25, -0.2) is 13.8 Å². The molecule has 3 heterocycles. The highest BCUT2D eigenvalue weighted by Gasteiger charge is 2.46. The van der Waals surface area contributed by atoms with E-state index >= 15 is 0 Å². The second kappa shape index (κ2) is 10.6. The highest BCUT2D eigenvalue weighted by Crippen LogP contribution is 2.35. The molecule has 7 nitrogen and oxygen atoms in total. The molecule has 1 aliphatic heterocycles. The zero-order chi connectivity index (χ0) is 26.7. The van der Waals surface area contributed by atoms with Gasteiger partial charge in [0.1, 0.15) is 11.5 Å². The van der Waals surface area contributed by atoms with Crippen molar-refractivity contribution >= 4 is 23.5 Å². The van der Waals surface area contributed by atoms with Crippen molar-refractivity contribution in [2.45, 2.75) is 38.4 Å². The Labute approximate surface area is 205 Å². The fraction of sp³-hybridized carbons (Fsp3) is 0.417. The topological polar surface area (TPSA) is 96.5 Å². The van der Waals surface area contributed by atoms with Crippen molar-refractivity contribution < 1.29 is 26.7 Å². The molecule has 12 heteroatoms. The highest BCUT2D eigenvalue weighted by atomic mass is 19.4. The molecule has 0 aromatic carbocycles. The summed E-state index contributed by atoms with van der Waals surface area (Å²) in [6.07, 6.45) is -1.44. The van der Waals surface area contributed by atoms with Crippen LogP contribution >= 0.6 is 0 Å². The van der Waals surface area contributed by atoms with Gasteiger partial charge in [-0.3, -0.25) is 14.8 Å². The Hall–Kier alpha value is -3.57. The van der Waals surface area contributed by atoms with Crippen molar-refractivity contribution in [1.82, 2.24) is 14.9 Å². The predicted octanol–water partition coefficient (Wildman–Crippen LogP) is 4.16. The van der Waals surface area contributed by atoms with Crippen LogP contribution in [0.3, 0.4) is 0 Å². The lowest BCUT2D eigenvalue weighted by molar-refractivity contribution is -0.148. The van der Waals surface area contributed by atoms with Crippen LogP contribution in [0.4, 0.5) is 27.8 Å². The number of nitrogens with zero attached hydrogens (tertiary/aromatic N) is 4. The maximum absolute atomic E-state index is 14.5. The smallest absolute Gasteiger partial charge is 0.394 e. The number of aromatic nitrogens is 2. The molecular formula is C24H27F5N6O. The number of anilines is 1. The zero-order valence-electron chi connectivity index (χ0n) is 20.0. The number of carbonyl (C=O) groups is 1. The molecule has 2 aromatic rings.